The van der Waals surface area contributed by atoms with E-state index >= 15 is 0 Å². The highest BCUT2D eigenvalue weighted by Crippen LogP contribution is 2.18. The molecule has 0 saturated heterocycles. The van der Waals surface area contributed by atoms with E-state index in [0.29, 0.717) is 23.6 Å². The van der Waals surface area contributed by atoms with Crippen LogP contribution in [0.2, 0.25) is 0 Å². The number of amides is 1. The van der Waals surface area contributed by atoms with Gasteiger partial charge >= 0.3 is 0 Å². The molecule has 0 aliphatic heterocycles. The molecule has 1 amide bonds. The fraction of sp³-hybridized carbons (Fsp3) is 0.333. The van der Waals surface area contributed by atoms with Crippen LogP contribution in [0.5, 0.6) is 0 Å². The number of ether oxygens (including phenoxy) is 1. The zero-order chi connectivity index (χ0) is 21.5. The molecule has 0 aliphatic carbocycles. The van der Waals surface area contributed by atoms with Crippen LogP contribution in [-0.2, 0) is 11.2 Å². The lowest BCUT2D eigenvalue weighted by Crippen LogP contribution is -2.33. The highest BCUT2D eigenvalue weighted by Gasteiger charge is 2.20. The molecule has 0 saturated carbocycles. The normalized spacial score (nSPS) is 11.9. The first-order chi connectivity index (χ1) is 14.5. The van der Waals surface area contributed by atoms with Crippen LogP contribution in [-0.4, -0.2) is 46.3 Å². The Labute approximate surface area is 174 Å². The van der Waals surface area contributed by atoms with Crippen molar-refractivity contribution in [2.24, 2.45) is 0 Å². The second kappa shape index (κ2) is 9.93. The predicted molar refractivity (Wildman–Crippen MR) is 111 cm³/mol. The van der Waals surface area contributed by atoms with Crippen LogP contribution in [0.3, 0.4) is 0 Å². The molecule has 3 N–H and O–H groups in total. The first kappa shape index (κ1) is 21.4. The molecular formula is C21H25FN6O2. The summed E-state index contributed by atoms with van der Waals surface area (Å²) in [7, 11) is 1.52. The number of carbonyl (C=O) groups is 1. The predicted octanol–water partition coefficient (Wildman–Crippen LogP) is 2.73. The topological polar surface area (TPSA) is 105 Å². The van der Waals surface area contributed by atoms with E-state index in [1.54, 1.807) is 18.3 Å². The maximum absolute atomic E-state index is 13.6. The molecule has 0 fully saturated rings. The molecule has 30 heavy (non-hydrogen) atoms. The van der Waals surface area contributed by atoms with Crippen molar-refractivity contribution in [1.29, 1.82) is 0 Å². The third-order valence-corrected chi connectivity index (χ3v) is 4.74. The summed E-state index contributed by atoms with van der Waals surface area (Å²) in [5.41, 5.74) is 3.25. The molecule has 1 atom stereocenters. The summed E-state index contributed by atoms with van der Waals surface area (Å²) in [6.45, 7) is 4.55. The van der Waals surface area contributed by atoms with Gasteiger partial charge in [-0.25, -0.2) is 14.4 Å². The van der Waals surface area contributed by atoms with Crippen LogP contribution in [0.25, 0.3) is 0 Å². The number of carbonyl (C=O) groups excluding carboxylic acids is 1. The largest absolute Gasteiger partial charge is 0.382 e. The lowest BCUT2D eigenvalue weighted by molar-refractivity contribution is 0.0885. The van der Waals surface area contributed by atoms with Crippen molar-refractivity contribution in [1.82, 2.24) is 25.5 Å². The fourth-order valence-corrected chi connectivity index (χ4v) is 2.98. The third kappa shape index (κ3) is 5.38. The van der Waals surface area contributed by atoms with E-state index in [1.165, 1.54) is 19.2 Å². The van der Waals surface area contributed by atoms with Gasteiger partial charge in [-0.05, 0) is 43.5 Å². The Morgan fingerprint density at radius 2 is 2.13 bits per heavy atom. The first-order valence-electron chi connectivity index (χ1n) is 9.60. The monoisotopic (exact) mass is 412 g/mol. The lowest BCUT2D eigenvalue weighted by atomic mass is 10.1. The highest BCUT2D eigenvalue weighted by atomic mass is 19.1. The second-order valence-electron chi connectivity index (χ2n) is 6.93. The van der Waals surface area contributed by atoms with Gasteiger partial charge in [-0.2, -0.15) is 5.10 Å². The molecule has 0 spiro atoms. The van der Waals surface area contributed by atoms with E-state index in [9.17, 15) is 9.18 Å². The third-order valence-electron chi connectivity index (χ3n) is 4.74. The molecule has 158 valence electrons. The van der Waals surface area contributed by atoms with E-state index in [1.807, 2.05) is 20.0 Å². The van der Waals surface area contributed by atoms with Crippen LogP contribution in [0, 0.1) is 19.7 Å². The minimum absolute atomic E-state index is 0.0430. The average Bonchev–Trinajstić information content (AvgIpc) is 3.24. The maximum Gasteiger partial charge on any atom is 0.289 e. The second-order valence-corrected chi connectivity index (χ2v) is 6.93. The molecule has 3 aromatic rings. The summed E-state index contributed by atoms with van der Waals surface area (Å²) in [4.78, 5) is 21.6. The van der Waals surface area contributed by atoms with Gasteiger partial charge in [-0.1, -0.05) is 12.1 Å². The zero-order valence-corrected chi connectivity index (χ0v) is 17.2. The molecule has 1 unspecified atom stereocenters. The number of aryl methyl sites for hydroxylation is 1. The number of rotatable bonds is 9. The zero-order valence-electron chi connectivity index (χ0n) is 17.2. The van der Waals surface area contributed by atoms with Gasteiger partial charge in [0.25, 0.3) is 5.91 Å². The molecule has 9 heteroatoms. The number of nitrogens with one attached hydrogen (secondary N) is 3. The number of aromatic nitrogens is 4. The van der Waals surface area contributed by atoms with Crippen LogP contribution < -0.4 is 10.6 Å². The van der Waals surface area contributed by atoms with Crippen LogP contribution in [0.1, 0.15) is 39.0 Å². The van der Waals surface area contributed by atoms with E-state index in [4.69, 9.17) is 4.74 Å². The number of hydrogen-bond donors (Lipinski definition) is 3. The van der Waals surface area contributed by atoms with Gasteiger partial charge in [0.2, 0.25) is 5.82 Å². The molecule has 2 heterocycles. The average molecular weight is 412 g/mol. The summed E-state index contributed by atoms with van der Waals surface area (Å²) < 4.78 is 18.8. The van der Waals surface area contributed by atoms with Gasteiger partial charge in [0.15, 0.2) is 0 Å². The van der Waals surface area contributed by atoms with Gasteiger partial charge < -0.3 is 15.4 Å². The van der Waals surface area contributed by atoms with Crippen molar-refractivity contribution in [2.45, 2.75) is 26.3 Å². The van der Waals surface area contributed by atoms with Crippen LogP contribution in [0.15, 0.2) is 36.7 Å². The van der Waals surface area contributed by atoms with E-state index in [0.717, 1.165) is 17.5 Å². The summed E-state index contributed by atoms with van der Waals surface area (Å²) in [5, 5.41) is 12.8. The molecule has 0 bridgehead atoms. The number of aromatic amines is 1. The number of benzene rings is 1. The molecule has 0 radical (unpaired) electrons. The summed E-state index contributed by atoms with van der Waals surface area (Å²) >= 11 is 0. The molecule has 1 aromatic carbocycles. The summed E-state index contributed by atoms with van der Waals surface area (Å²) in [5.74, 6) is -0.191. The Balaban J connectivity index is 1.74. The van der Waals surface area contributed by atoms with Gasteiger partial charge in [0.05, 0.1) is 18.8 Å². The van der Waals surface area contributed by atoms with Gasteiger partial charge in [0.1, 0.15) is 11.6 Å². The smallest absolute Gasteiger partial charge is 0.289 e. The Bertz CT molecular complexity index is 993. The van der Waals surface area contributed by atoms with Crippen molar-refractivity contribution in [3.63, 3.8) is 0 Å². The number of H-pyrrole nitrogens is 1. The minimum Gasteiger partial charge on any atom is -0.382 e. The van der Waals surface area contributed by atoms with Crippen LogP contribution in [0.4, 0.5) is 10.2 Å². The molecule has 2 aromatic heterocycles. The molecule has 3 rings (SSSR count). The summed E-state index contributed by atoms with van der Waals surface area (Å²) in [6.07, 6.45) is 4.36. The number of halogens is 1. The maximum atomic E-state index is 13.6. The number of methoxy groups -OCH3 is 1. The lowest BCUT2D eigenvalue weighted by Gasteiger charge is -2.19. The Hall–Kier alpha value is -3.33. The van der Waals surface area contributed by atoms with Gasteiger partial charge in [-0.15, -0.1) is 0 Å². The molecule has 0 aliphatic rings. The number of nitrogens with zero attached hydrogens (tertiary/aromatic N) is 3. The van der Waals surface area contributed by atoms with Crippen molar-refractivity contribution in [2.75, 3.05) is 25.6 Å². The van der Waals surface area contributed by atoms with E-state index in [-0.39, 0.29) is 18.2 Å². The van der Waals surface area contributed by atoms with Crippen LogP contribution >= 0.6 is 0 Å². The van der Waals surface area contributed by atoms with Gasteiger partial charge in [-0.3, -0.25) is 9.89 Å². The first-order valence-corrected chi connectivity index (χ1v) is 9.60. The van der Waals surface area contributed by atoms with E-state index < -0.39 is 11.9 Å². The summed E-state index contributed by atoms with van der Waals surface area (Å²) in [6, 6.07) is 5.52. The van der Waals surface area contributed by atoms with E-state index in [2.05, 4.69) is 30.8 Å². The molecular weight excluding hydrogens is 387 g/mol. The molecule has 8 nitrogen and oxygen atoms in total. The van der Waals surface area contributed by atoms with Crippen molar-refractivity contribution >= 4 is 11.7 Å². The standard InChI is InChI=1S/C21H25FN6O2/c1-13-14(2)26-20(28-19(13)23-8-7-15-10-24-25-11-15)21(29)27-18(12-30-3)16-5-4-6-17(22)9-16/h4-6,9-11,18H,7-8,12H2,1-3H3,(H,24,25)(H,27,29)(H,23,26,28). The Morgan fingerprint density at radius 3 is 2.83 bits per heavy atom. The highest BCUT2D eigenvalue weighted by molar-refractivity contribution is 5.91. The minimum atomic E-state index is -0.527. The van der Waals surface area contributed by atoms with Crippen molar-refractivity contribution in [3.05, 3.63) is 70.7 Å². The Morgan fingerprint density at radius 1 is 1.30 bits per heavy atom. The van der Waals surface area contributed by atoms with Crippen molar-refractivity contribution in [3.8, 4) is 0 Å². The fourth-order valence-electron chi connectivity index (χ4n) is 2.98. The SMILES string of the molecule is COCC(NC(=O)c1nc(C)c(C)c(NCCc2cn[nH]c2)n1)c1cccc(F)c1. The van der Waals surface area contributed by atoms with Crippen molar-refractivity contribution < 1.29 is 13.9 Å². The quantitative estimate of drug-likeness (QED) is 0.499. The number of hydrogen-bond acceptors (Lipinski definition) is 6. The van der Waals surface area contributed by atoms with Gasteiger partial charge in [0, 0.05) is 31.1 Å². The number of anilines is 1. The Kier molecular flexibility index (Phi) is 7.08.